The highest BCUT2D eigenvalue weighted by molar-refractivity contribution is 8.00. The maximum Gasteiger partial charge on any atom is 0.243 e. The summed E-state index contributed by atoms with van der Waals surface area (Å²) in [5.41, 5.74) is 1.60. The van der Waals surface area contributed by atoms with E-state index in [1.165, 1.54) is 15.6 Å². The molecule has 9 nitrogen and oxygen atoms in total. The number of imidazole rings is 1. The molecule has 0 unspecified atom stereocenters. The van der Waals surface area contributed by atoms with E-state index in [1.807, 2.05) is 6.07 Å². The van der Waals surface area contributed by atoms with Crippen LogP contribution in [0.15, 0.2) is 40.1 Å². The number of aryl methyl sites for hydroxylation is 1. The normalized spacial score (nSPS) is 15.4. The number of benzene rings is 1. The van der Waals surface area contributed by atoms with Gasteiger partial charge in [-0.3, -0.25) is 0 Å². The van der Waals surface area contributed by atoms with Gasteiger partial charge in [-0.05, 0) is 25.1 Å². The lowest BCUT2D eigenvalue weighted by molar-refractivity contribution is 0.0730. The second-order valence-corrected chi connectivity index (χ2v) is 10.9. The molecular formula is C19H24N6O3S3. The molecule has 0 aliphatic carbocycles. The fraction of sp³-hybridized carbons (Fsp3) is 0.421. The first-order valence-corrected chi connectivity index (χ1v) is 13.1. The van der Waals surface area contributed by atoms with Gasteiger partial charge < -0.3 is 14.6 Å². The number of thioether (sulfide) groups is 1. The van der Waals surface area contributed by atoms with E-state index < -0.39 is 10.0 Å². The van der Waals surface area contributed by atoms with Crippen molar-refractivity contribution in [1.29, 1.82) is 0 Å². The van der Waals surface area contributed by atoms with Gasteiger partial charge in [0.1, 0.15) is 5.82 Å². The zero-order chi connectivity index (χ0) is 21.8. The van der Waals surface area contributed by atoms with Crippen LogP contribution in [0.2, 0.25) is 0 Å². The Morgan fingerprint density at radius 2 is 2.13 bits per heavy atom. The van der Waals surface area contributed by atoms with Crippen LogP contribution in [0.3, 0.4) is 0 Å². The Kier molecular flexibility index (Phi) is 6.92. The van der Waals surface area contributed by atoms with E-state index in [2.05, 4.69) is 33.6 Å². The second-order valence-electron chi connectivity index (χ2n) is 6.77. The fourth-order valence-corrected chi connectivity index (χ4v) is 6.48. The van der Waals surface area contributed by atoms with E-state index in [9.17, 15) is 8.42 Å². The van der Waals surface area contributed by atoms with Gasteiger partial charge in [0.25, 0.3) is 0 Å². The molecule has 1 fully saturated rings. The summed E-state index contributed by atoms with van der Waals surface area (Å²) in [6.45, 7) is 8.69. The summed E-state index contributed by atoms with van der Waals surface area (Å²) in [4.78, 5) is 5.00. The zero-order valence-corrected chi connectivity index (χ0v) is 19.6. The first-order valence-electron chi connectivity index (χ1n) is 9.91. The van der Waals surface area contributed by atoms with Crippen molar-refractivity contribution in [2.24, 2.45) is 0 Å². The third kappa shape index (κ3) is 4.77. The molecule has 0 saturated carbocycles. The molecule has 4 rings (SSSR count). The third-order valence-electron chi connectivity index (χ3n) is 4.85. The van der Waals surface area contributed by atoms with E-state index >= 15 is 0 Å². The lowest BCUT2D eigenvalue weighted by Gasteiger charge is -2.26. The molecule has 0 radical (unpaired) electrons. The molecule has 0 amide bonds. The van der Waals surface area contributed by atoms with Gasteiger partial charge in [0, 0.05) is 26.2 Å². The Hall–Kier alpha value is -1.99. The Labute approximate surface area is 189 Å². The number of rotatable bonds is 9. The summed E-state index contributed by atoms with van der Waals surface area (Å²) in [5.74, 6) is 1.49. The Bertz CT molecular complexity index is 1170. The molecular weight excluding hydrogens is 456 g/mol. The molecule has 166 valence electrons. The molecule has 1 aliphatic heterocycles. The number of nitrogens with one attached hydrogen (secondary N) is 1. The van der Waals surface area contributed by atoms with Gasteiger partial charge >= 0.3 is 0 Å². The molecule has 1 aromatic carbocycles. The van der Waals surface area contributed by atoms with Crippen molar-refractivity contribution >= 4 is 49.3 Å². The van der Waals surface area contributed by atoms with Crippen LogP contribution in [0.4, 0.5) is 5.13 Å². The third-order valence-corrected chi connectivity index (χ3v) is 8.76. The number of ether oxygens (including phenoxy) is 1. The van der Waals surface area contributed by atoms with Crippen LogP contribution in [0.1, 0.15) is 12.7 Å². The predicted octanol–water partition coefficient (Wildman–Crippen LogP) is 2.82. The van der Waals surface area contributed by atoms with Gasteiger partial charge in [0.2, 0.25) is 15.2 Å². The number of anilines is 1. The molecule has 2 aromatic heterocycles. The fourth-order valence-electron chi connectivity index (χ4n) is 3.34. The van der Waals surface area contributed by atoms with E-state index in [0.717, 1.165) is 27.4 Å². The van der Waals surface area contributed by atoms with Crippen LogP contribution < -0.4 is 5.32 Å². The molecule has 0 bridgehead atoms. The molecule has 3 aromatic rings. The molecule has 1 N–H and O–H groups in total. The van der Waals surface area contributed by atoms with E-state index in [-0.39, 0.29) is 4.90 Å². The Morgan fingerprint density at radius 3 is 2.87 bits per heavy atom. The minimum Gasteiger partial charge on any atom is -0.379 e. The standard InChI is InChI=1S/C19H24N6O3S3/c1-3-7-20-18-22-23-19(30-18)29-13-17-21-15-12-14(5-6-16(15)25(17)4-2)31(26,27)24-8-10-28-11-9-24/h3,5-6,12H,1,4,7-11,13H2,2H3,(H,20,22). The van der Waals surface area contributed by atoms with Crippen molar-refractivity contribution in [2.45, 2.75) is 28.5 Å². The van der Waals surface area contributed by atoms with Gasteiger partial charge in [-0.2, -0.15) is 4.31 Å². The summed E-state index contributed by atoms with van der Waals surface area (Å²) >= 11 is 3.04. The average molecular weight is 481 g/mol. The van der Waals surface area contributed by atoms with Gasteiger partial charge in [0.15, 0.2) is 4.34 Å². The second kappa shape index (κ2) is 9.65. The Morgan fingerprint density at radius 1 is 1.32 bits per heavy atom. The summed E-state index contributed by atoms with van der Waals surface area (Å²) in [7, 11) is -3.56. The molecule has 0 spiro atoms. The maximum atomic E-state index is 13.0. The van der Waals surface area contributed by atoms with Crippen molar-refractivity contribution in [2.75, 3.05) is 38.2 Å². The number of fused-ring (bicyclic) bond motifs is 1. The van der Waals surface area contributed by atoms with Crippen LogP contribution in [-0.2, 0) is 27.1 Å². The van der Waals surface area contributed by atoms with Gasteiger partial charge in [-0.15, -0.1) is 16.8 Å². The molecule has 0 atom stereocenters. The van der Waals surface area contributed by atoms with Crippen molar-refractivity contribution in [3.8, 4) is 0 Å². The van der Waals surface area contributed by atoms with Crippen LogP contribution >= 0.6 is 23.1 Å². The van der Waals surface area contributed by atoms with E-state index in [4.69, 9.17) is 9.72 Å². The maximum absolute atomic E-state index is 13.0. The summed E-state index contributed by atoms with van der Waals surface area (Å²) in [6, 6.07) is 5.18. The first-order chi connectivity index (χ1) is 15.0. The van der Waals surface area contributed by atoms with Crippen molar-refractivity contribution in [3.63, 3.8) is 0 Å². The van der Waals surface area contributed by atoms with Gasteiger partial charge in [-0.1, -0.05) is 29.2 Å². The molecule has 1 aliphatic rings. The monoisotopic (exact) mass is 480 g/mol. The molecule has 31 heavy (non-hydrogen) atoms. The van der Waals surface area contributed by atoms with Gasteiger partial charge in [-0.25, -0.2) is 13.4 Å². The van der Waals surface area contributed by atoms with Crippen LogP contribution in [0.5, 0.6) is 0 Å². The number of sulfonamides is 1. The molecule has 12 heteroatoms. The number of morpholine rings is 1. The van der Waals surface area contributed by atoms with Gasteiger partial charge in [0.05, 0.1) is 34.9 Å². The Balaban J connectivity index is 1.55. The number of hydrogen-bond donors (Lipinski definition) is 1. The summed E-state index contributed by atoms with van der Waals surface area (Å²) < 4.78 is 35.7. The highest BCUT2D eigenvalue weighted by Gasteiger charge is 2.27. The first kappa shape index (κ1) is 22.2. The smallest absolute Gasteiger partial charge is 0.243 e. The van der Waals surface area contributed by atoms with Crippen molar-refractivity contribution in [3.05, 3.63) is 36.7 Å². The summed E-state index contributed by atoms with van der Waals surface area (Å²) in [5, 5.41) is 12.2. The predicted molar refractivity (Wildman–Crippen MR) is 123 cm³/mol. The number of aromatic nitrogens is 4. The largest absolute Gasteiger partial charge is 0.379 e. The lowest BCUT2D eigenvalue weighted by atomic mass is 10.3. The quantitative estimate of drug-likeness (QED) is 0.368. The number of hydrogen-bond acceptors (Lipinski definition) is 9. The minimum absolute atomic E-state index is 0.268. The van der Waals surface area contributed by atoms with Crippen molar-refractivity contribution in [1.82, 2.24) is 24.1 Å². The van der Waals surface area contributed by atoms with E-state index in [1.54, 1.807) is 30.0 Å². The highest BCUT2D eigenvalue weighted by Crippen LogP contribution is 2.30. The topological polar surface area (TPSA) is 102 Å². The molecule has 1 saturated heterocycles. The number of nitrogens with zero attached hydrogens (tertiary/aromatic N) is 5. The highest BCUT2D eigenvalue weighted by atomic mass is 32.2. The zero-order valence-electron chi connectivity index (χ0n) is 17.2. The molecule has 3 heterocycles. The minimum atomic E-state index is -3.56. The van der Waals surface area contributed by atoms with Crippen LogP contribution in [-0.4, -0.2) is 65.3 Å². The summed E-state index contributed by atoms with van der Waals surface area (Å²) in [6.07, 6.45) is 1.77. The van der Waals surface area contributed by atoms with Crippen LogP contribution in [0.25, 0.3) is 11.0 Å². The SMILES string of the molecule is C=CCNc1nnc(SCc2nc3cc(S(=O)(=O)N4CCOCC4)ccc3n2CC)s1. The van der Waals surface area contributed by atoms with Crippen molar-refractivity contribution < 1.29 is 13.2 Å². The lowest BCUT2D eigenvalue weighted by Crippen LogP contribution is -2.40. The van der Waals surface area contributed by atoms with E-state index in [0.29, 0.717) is 44.1 Å². The van der Waals surface area contributed by atoms with Crippen LogP contribution in [0, 0.1) is 0 Å². The average Bonchev–Trinajstić information content (AvgIpc) is 3.39.